The van der Waals surface area contributed by atoms with Gasteiger partial charge in [0.2, 0.25) is 0 Å². The van der Waals surface area contributed by atoms with Gasteiger partial charge in [-0.25, -0.2) is 0 Å². The van der Waals surface area contributed by atoms with Gasteiger partial charge in [0.15, 0.2) is 0 Å². The van der Waals surface area contributed by atoms with Crippen LogP contribution in [0.5, 0.6) is 0 Å². The van der Waals surface area contributed by atoms with Crippen LogP contribution in [0.4, 0.5) is 0 Å². The van der Waals surface area contributed by atoms with E-state index in [1.165, 1.54) is 0 Å². The lowest BCUT2D eigenvalue weighted by Gasteiger charge is -2.08. The molecule has 0 aromatic carbocycles. The van der Waals surface area contributed by atoms with Gasteiger partial charge in [0.05, 0.1) is 25.9 Å². The first-order chi connectivity index (χ1) is 5.81. The molecule has 1 unspecified atom stereocenters. The number of rotatable bonds is 8. The average Bonchev–Trinajstić information content (AvgIpc) is 2.10. The van der Waals surface area contributed by atoms with E-state index in [2.05, 4.69) is 6.92 Å². The van der Waals surface area contributed by atoms with Gasteiger partial charge in [-0.15, -0.1) is 0 Å². The zero-order chi connectivity index (χ0) is 9.23. The lowest BCUT2D eigenvalue weighted by molar-refractivity contribution is 0.00689. The van der Waals surface area contributed by atoms with Crippen molar-refractivity contribution in [3.05, 3.63) is 0 Å². The van der Waals surface area contributed by atoms with Crippen molar-refractivity contribution in [2.45, 2.75) is 19.4 Å². The van der Waals surface area contributed by atoms with Gasteiger partial charge in [-0.05, 0) is 6.42 Å². The minimum Gasteiger partial charge on any atom is -0.389 e. The summed E-state index contributed by atoms with van der Waals surface area (Å²) in [6, 6.07) is 0. The van der Waals surface area contributed by atoms with Crippen LogP contribution in [-0.4, -0.2) is 44.2 Å². The Labute approximate surface area is 73.7 Å². The highest BCUT2D eigenvalue weighted by Crippen LogP contribution is 1.84. The van der Waals surface area contributed by atoms with Crippen molar-refractivity contribution in [3.63, 3.8) is 0 Å². The van der Waals surface area contributed by atoms with Crippen LogP contribution in [0, 0.1) is 0 Å². The van der Waals surface area contributed by atoms with E-state index in [9.17, 15) is 0 Å². The van der Waals surface area contributed by atoms with Crippen molar-refractivity contribution >= 4 is 0 Å². The second kappa shape index (κ2) is 8.93. The fourth-order valence-corrected chi connectivity index (χ4v) is 0.652. The Morgan fingerprint density at radius 3 is 2.50 bits per heavy atom. The third-order valence-corrected chi connectivity index (χ3v) is 1.30. The number of hydrogen-bond donors (Lipinski definition) is 2. The third-order valence-electron chi connectivity index (χ3n) is 1.30. The zero-order valence-corrected chi connectivity index (χ0v) is 7.66. The summed E-state index contributed by atoms with van der Waals surface area (Å²) in [7, 11) is 0. The monoisotopic (exact) mass is 177 g/mol. The lowest BCUT2D eigenvalue weighted by atomic mass is 10.4. The van der Waals surface area contributed by atoms with E-state index < -0.39 is 6.10 Å². The topological polar surface area (TPSA) is 64.7 Å². The van der Waals surface area contributed by atoms with E-state index in [4.69, 9.17) is 20.3 Å². The second-order valence-corrected chi connectivity index (χ2v) is 2.58. The van der Waals surface area contributed by atoms with Gasteiger partial charge < -0.3 is 20.3 Å². The van der Waals surface area contributed by atoms with Gasteiger partial charge in [0, 0.05) is 13.2 Å². The fourth-order valence-electron chi connectivity index (χ4n) is 0.652. The number of nitrogens with two attached hydrogens (primary N) is 1. The number of aliphatic hydroxyl groups excluding tert-OH is 1. The summed E-state index contributed by atoms with van der Waals surface area (Å²) in [6.45, 7) is 4.48. The second-order valence-electron chi connectivity index (χ2n) is 2.58. The Kier molecular flexibility index (Phi) is 8.81. The molecule has 0 saturated carbocycles. The predicted molar refractivity (Wildman–Crippen MR) is 47.0 cm³/mol. The SMILES string of the molecule is CCCOCCOCC(O)CN. The lowest BCUT2D eigenvalue weighted by Crippen LogP contribution is -2.25. The average molecular weight is 177 g/mol. The molecule has 0 radical (unpaired) electrons. The van der Waals surface area contributed by atoms with Crippen molar-refractivity contribution in [2.75, 3.05) is 33.0 Å². The first-order valence-corrected chi connectivity index (χ1v) is 4.34. The van der Waals surface area contributed by atoms with Crippen LogP contribution in [0.25, 0.3) is 0 Å². The Morgan fingerprint density at radius 1 is 1.25 bits per heavy atom. The molecule has 0 aromatic rings. The van der Waals surface area contributed by atoms with Gasteiger partial charge in [0.25, 0.3) is 0 Å². The van der Waals surface area contributed by atoms with Crippen molar-refractivity contribution in [2.24, 2.45) is 5.73 Å². The Hall–Kier alpha value is -0.160. The molecule has 0 aliphatic rings. The van der Waals surface area contributed by atoms with Gasteiger partial charge in [-0.3, -0.25) is 0 Å². The van der Waals surface area contributed by atoms with Crippen LogP contribution < -0.4 is 5.73 Å². The summed E-state index contributed by atoms with van der Waals surface area (Å²) < 4.78 is 10.2. The predicted octanol–water partition coefficient (Wildman–Crippen LogP) is -0.251. The zero-order valence-electron chi connectivity index (χ0n) is 7.66. The Balaban J connectivity index is 2.90. The minimum absolute atomic E-state index is 0.246. The molecule has 12 heavy (non-hydrogen) atoms. The van der Waals surface area contributed by atoms with E-state index in [0.717, 1.165) is 13.0 Å². The maximum Gasteiger partial charge on any atom is 0.0895 e. The molecule has 0 saturated heterocycles. The summed E-state index contributed by atoms with van der Waals surface area (Å²) >= 11 is 0. The summed E-state index contributed by atoms with van der Waals surface area (Å²) in [5.74, 6) is 0. The first-order valence-electron chi connectivity index (χ1n) is 4.34. The molecule has 0 fully saturated rings. The molecule has 0 amide bonds. The molecule has 0 spiro atoms. The molecule has 0 heterocycles. The van der Waals surface area contributed by atoms with Gasteiger partial charge in [-0.2, -0.15) is 0 Å². The summed E-state index contributed by atoms with van der Waals surface area (Å²) in [5, 5.41) is 8.97. The molecule has 74 valence electrons. The maximum absolute atomic E-state index is 8.97. The highest BCUT2D eigenvalue weighted by Gasteiger charge is 1.99. The van der Waals surface area contributed by atoms with Crippen molar-refractivity contribution in [3.8, 4) is 0 Å². The minimum atomic E-state index is -0.545. The molecule has 0 aromatic heterocycles. The van der Waals surface area contributed by atoms with E-state index in [-0.39, 0.29) is 6.54 Å². The Bertz CT molecular complexity index is 90.4. The largest absolute Gasteiger partial charge is 0.389 e. The quantitative estimate of drug-likeness (QED) is 0.502. The van der Waals surface area contributed by atoms with Crippen molar-refractivity contribution < 1.29 is 14.6 Å². The van der Waals surface area contributed by atoms with Gasteiger partial charge >= 0.3 is 0 Å². The standard InChI is InChI=1S/C8H19NO3/c1-2-3-11-4-5-12-7-8(10)6-9/h8,10H,2-7,9H2,1H3. The summed E-state index contributed by atoms with van der Waals surface area (Å²) in [6.07, 6.45) is 0.474. The molecule has 0 aliphatic heterocycles. The number of hydrogen-bond acceptors (Lipinski definition) is 4. The van der Waals surface area contributed by atoms with E-state index in [1.54, 1.807) is 0 Å². The first kappa shape index (κ1) is 11.8. The van der Waals surface area contributed by atoms with E-state index in [0.29, 0.717) is 19.8 Å². The molecule has 0 aliphatic carbocycles. The molecule has 4 nitrogen and oxygen atoms in total. The molecule has 3 N–H and O–H groups in total. The molecular weight excluding hydrogens is 158 g/mol. The van der Waals surface area contributed by atoms with Crippen molar-refractivity contribution in [1.29, 1.82) is 0 Å². The van der Waals surface area contributed by atoms with Crippen LogP contribution in [0.1, 0.15) is 13.3 Å². The number of aliphatic hydroxyl groups is 1. The van der Waals surface area contributed by atoms with Crippen LogP contribution >= 0.6 is 0 Å². The van der Waals surface area contributed by atoms with Gasteiger partial charge in [0.1, 0.15) is 0 Å². The molecule has 0 bridgehead atoms. The normalized spacial score (nSPS) is 13.2. The molecular formula is C8H19NO3. The summed E-state index contributed by atoms with van der Waals surface area (Å²) in [5.41, 5.74) is 5.17. The molecule has 1 atom stereocenters. The fraction of sp³-hybridized carbons (Fsp3) is 1.00. The highest BCUT2D eigenvalue weighted by molar-refractivity contribution is 4.51. The number of ether oxygens (including phenoxy) is 2. The van der Waals surface area contributed by atoms with Crippen LogP contribution in [0.2, 0.25) is 0 Å². The van der Waals surface area contributed by atoms with E-state index in [1.807, 2.05) is 0 Å². The van der Waals surface area contributed by atoms with Gasteiger partial charge in [-0.1, -0.05) is 6.92 Å². The van der Waals surface area contributed by atoms with Crippen LogP contribution in [0.3, 0.4) is 0 Å². The van der Waals surface area contributed by atoms with Crippen LogP contribution in [0.15, 0.2) is 0 Å². The molecule has 0 rings (SSSR count). The summed E-state index contributed by atoms with van der Waals surface area (Å²) in [4.78, 5) is 0. The van der Waals surface area contributed by atoms with Crippen LogP contribution in [-0.2, 0) is 9.47 Å². The smallest absolute Gasteiger partial charge is 0.0895 e. The molecule has 4 heteroatoms. The maximum atomic E-state index is 8.97. The highest BCUT2D eigenvalue weighted by atomic mass is 16.5. The third kappa shape index (κ3) is 7.94. The Morgan fingerprint density at radius 2 is 1.92 bits per heavy atom. The van der Waals surface area contributed by atoms with E-state index >= 15 is 0 Å². The van der Waals surface area contributed by atoms with Crippen molar-refractivity contribution in [1.82, 2.24) is 0 Å².